The molecule has 2 rings (SSSR count). The van der Waals surface area contributed by atoms with Gasteiger partial charge in [0.1, 0.15) is 10.7 Å². The molecule has 0 saturated heterocycles. The molecule has 0 heterocycles. The van der Waals surface area contributed by atoms with Gasteiger partial charge in [-0.2, -0.15) is 4.31 Å². The molecule has 0 aliphatic rings. The van der Waals surface area contributed by atoms with E-state index in [0.29, 0.717) is 0 Å². The summed E-state index contributed by atoms with van der Waals surface area (Å²) in [6.45, 7) is 0.219. The highest BCUT2D eigenvalue weighted by Crippen LogP contribution is 2.25. The van der Waals surface area contributed by atoms with Crippen molar-refractivity contribution in [2.45, 2.75) is 11.4 Å². The molecule has 0 atom stereocenters. The molecular formula is C14H13ClFNO2S. The molecule has 2 aromatic rings. The number of nitrogens with zero attached hydrogens (tertiary/aromatic N) is 1. The van der Waals surface area contributed by atoms with Gasteiger partial charge in [-0.15, -0.1) is 0 Å². The molecule has 106 valence electrons. The van der Waals surface area contributed by atoms with E-state index >= 15 is 0 Å². The zero-order valence-corrected chi connectivity index (χ0v) is 12.3. The van der Waals surface area contributed by atoms with Gasteiger partial charge in [-0.1, -0.05) is 41.9 Å². The molecule has 0 radical (unpaired) electrons. The summed E-state index contributed by atoms with van der Waals surface area (Å²) in [4.78, 5) is -0.0982. The highest BCUT2D eigenvalue weighted by Gasteiger charge is 2.23. The summed E-state index contributed by atoms with van der Waals surface area (Å²) >= 11 is 5.82. The zero-order valence-electron chi connectivity index (χ0n) is 10.8. The van der Waals surface area contributed by atoms with Gasteiger partial charge >= 0.3 is 0 Å². The van der Waals surface area contributed by atoms with Crippen molar-refractivity contribution in [2.24, 2.45) is 0 Å². The predicted molar refractivity (Wildman–Crippen MR) is 76.5 cm³/mol. The van der Waals surface area contributed by atoms with Crippen LogP contribution in [0.3, 0.4) is 0 Å². The van der Waals surface area contributed by atoms with E-state index in [1.165, 1.54) is 17.4 Å². The third kappa shape index (κ3) is 3.17. The van der Waals surface area contributed by atoms with Gasteiger partial charge in [0, 0.05) is 13.6 Å². The van der Waals surface area contributed by atoms with Crippen LogP contribution >= 0.6 is 11.6 Å². The molecule has 0 bridgehead atoms. The number of sulfonamides is 1. The second-order valence-electron chi connectivity index (χ2n) is 4.32. The van der Waals surface area contributed by atoms with Crippen molar-refractivity contribution in [1.29, 1.82) is 0 Å². The van der Waals surface area contributed by atoms with Crippen LogP contribution in [0.4, 0.5) is 4.39 Å². The van der Waals surface area contributed by atoms with Crippen LogP contribution < -0.4 is 0 Å². The minimum atomic E-state index is -3.75. The fourth-order valence-electron chi connectivity index (χ4n) is 1.78. The lowest BCUT2D eigenvalue weighted by molar-refractivity contribution is 0.466. The smallest absolute Gasteiger partial charge is 0.207 e. The van der Waals surface area contributed by atoms with Gasteiger partial charge in [0.25, 0.3) is 0 Å². The number of hydrogen-bond acceptors (Lipinski definition) is 2. The summed E-state index contributed by atoms with van der Waals surface area (Å²) in [7, 11) is -2.29. The fraction of sp³-hybridized carbons (Fsp3) is 0.143. The molecule has 0 spiro atoms. The first kappa shape index (κ1) is 15.0. The summed E-state index contributed by atoms with van der Waals surface area (Å²) in [5.74, 6) is -0.570. The van der Waals surface area contributed by atoms with Crippen molar-refractivity contribution in [3.63, 3.8) is 0 Å². The molecule has 3 nitrogen and oxygen atoms in total. The maximum atomic E-state index is 13.0. The molecule has 0 aromatic heterocycles. The monoisotopic (exact) mass is 313 g/mol. The summed E-state index contributed by atoms with van der Waals surface area (Å²) < 4.78 is 38.9. The normalized spacial score (nSPS) is 11.8. The second-order valence-corrected chi connectivity index (χ2v) is 6.74. The minimum Gasteiger partial charge on any atom is -0.207 e. The maximum absolute atomic E-state index is 13.0. The highest BCUT2D eigenvalue weighted by molar-refractivity contribution is 7.89. The van der Waals surface area contributed by atoms with Crippen molar-refractivity contribution in [1.82, 2.24) is 4.31 Å². The van der Waals surface area contributed by atoms with Crippen molar-refractivity contribution in [3.05, 3.63) is 64.9 Å². The first-order valence-corrected chi connectivity index (χ1v) is 7.68. The predicted octanol–water partition coefficient (Wildman–Crippen LogP) is 3.30. The van der Waals surface area contributed by atoms with E-state index in [-0.39, 0.29) is 16.5 Å². The molecule has 0 unspecified atom stereocenters. The molecule has 20 heavy (non-hydrogen) atoms. The first-order chi connectivity index (χ1) is 9.41. The molecule has 6 heteroatoms. The lowest BCUT2D eigenvalue weighted by Gasteiger charge is -2.18. The van der Waals surface area contributed by atoms with Crippen LogP contribution in [-0.2, 0) is 16.6 Å². The number of rotatable bonds is 4. The molecule has 0 fully saturated rings. The van der Waals surface area contributed by atoms with Crippen LogP contribution in [0.25, 0.3) is 0 Å². The lowest BCUT2D eigenvalue weighted by atomic mass is 10.2. The highest BCUT2D eigenvalue weighted by atomic mass is 35.5. The molecule has 2 aromatic carbocycles. The standard InChI is InChI=1S/C14H13ClFNO2S/c1-17(10-11-5-3-2-4-6-11)20(18,19)14-8-7-12(16)9-13(14)15/h2-9H,10H2,1H3. The van der Waals surface area contributed by atoms with Gasteiger partial charge in [0.2, 0.25) is 10.0 Å². The maximum Gasteiger partial charge on any atom is 0.244 e. The van der Waals surface area contributed by atoms with E-state index in [2.05, 4.69) is 0 Å². The third-order valence-corrected chi connectivity index (χ3v) is 5.12. The van der Waals surface area contributed by atoms with Crippen molar-refractivity contribution < 1.29 is 12.8 Å². The molecule has 0 aliphatic heterocycles. The van der Waals surface area contributed by atoms with E-state index in [1.807, 2.05) is 30.3 Å². The zero-order chi connectivity index (χ0) is 14.8. The Morgan fingerprint density at radius 2 is 1.80 bits per heavy atom. The largest absolute Gasteiger partial charge is 0.244 e. The van der Waals surface area contributed by atoms with Gasteiger partial charge in [-0.05, 0) is 23.8 Å². The summed E-state index contributed by atoms with van der Waals surface area (Å²) in [6.07, 6.45) is 0. The van der Waals surface area contributed by atoms with Gasteiger partial charge in [0.05, 0.1) is 5.02 Å². The lowest BCUT2D eigenvalue weighted by Crippen LogP contribution is -2.26. The Bertz CT molecular complexity index is 704. The Balaban J connectivity index is 2.30. The number of hydrogen-bond donors (Lipinski definition) is 0. The molecule has 0 N–H and O–H groups in total. The Labute approximate surface area is 122 Å². The summed E-state index contributed by atoms with van der Waals surface area (Å²) in [6, 6.07) is 12.4. The molecule has 0 saturated carbocycles. The average molecular weight is 314 g/mol. The van der Waals surface area contributed by atoms with Crippen LogP contribution in [0.5, 0.6) is 0 Å². The van der Waals surface area contributed by atoms with E-state index in [0.717, 1.165) is 17.7 Å². The van der Waals surface area contributed by atoms with Crippen LogP contribution in [0.2, 0.25) is 5.02 Å². The van der Waals surface area contributed by atoms with Gasteiger partial charge in [-0.25, -0.2) is 12.8 Å². The van der Waals surface area contributed by atoms with E-state index in [9.17, 15) is 12.8 Å². The Morgan fingerprint density at radius 3 is 2.40 bits per heavy atom. The van der Waals surface area contributed by atoms with Crippen LogP contribution in [0.15, 0.2) is 53.4 Å². The van der Waals surface area contributed by atoms with Gasteiger partial charge in [0.15, 0.2) is 0 Å². The summed E-state index contributed by atoms with van der Waals surface area (Å²) in [5.41, 5.74) is 0.858. The molecule has 0 aliphatic carbocycles. The van der Waals surface area contributed by atoms with Crippen LogP contribution in [0.1, 0.15) is 5.56 Å². The van der Waals surface area contributed by atoms with Crippen molar-refractivity contribution >= 4 is 21.6 Å². The minimum absolute atomic E-state index is 0.0982. The molecular weight excluding hydrogens is 301 g/mol. The summed E-state index contributed by atoms with van der Waals surface area (Å²) in [5, 5.41) is -0.120. The Morgan fingerprint density at radius 1 is 1.15 bits per heavy atom. The van der Waals surface area contributed by atoms with E-state index < -0.39 is 15.8 Å². The molecule has 0 amide bonds. The topological polar surface area (TPSA) is 37.4 Å². The Kier molecular flexibility index (Phi) is 4.42. The van der Waals surface area contributed by atoms with E-state index in [4.69, 9.17) is 11.6 Å². The fourth-order valence-corrected chi connectivity index (χ4v) is 3.44. The van der Waals surface area contributed by atoms with Crippen molar-refractivity contribution in [2.75, 3.05) is 7.05 Å². The average Bonchev–Trinajstić information content (AvgIpc) is 2.39. The SMILES string of the molecule is CN(Cc1ccccc1)S(=O)(=O)c1ccc(F)cc1Cl. The Hall–Kier alpha value is -1.43. The van der Waals surface area contributed by atoms with Gasteiger partial charge in [-0.3, -0.25) is 0 Å². The number of halogens is 2. The van der Waals surface area contributed by atoms with Crippen LogP contribution in [0, 0.1) is 5.82 Å². The third-order valence-electron chi connectivity index (χ3n) is 2.83. The second kappa shape index (κ2) is 5.91. The quantitative estimate of drug-likeness (QED) is 0.868. The first-order valence-electron chi connectivity index (χ1n) is 5.86. The van der Waals surface area contributed by atoms with Crippen LogP contribution in [-0.4, -0.2) is 19.8 Å². The number of benzene rings is 2. The van der Waals surface area contributed by atoms with Gasteiger partial charge < -0.3 is 0 Å². The van der Waals surface area contributed by atoms with Crippen molar-refractivity contribution in [3.8, 4) is 0 Å². The van der Waals surface area contributed by atoms with E-state index in [1.54, 1.807) is 0 Å².